The van der Waals surface area contributed by atoms with E-state index in [1.165, 1.54) is 33.0 Å². The molecule has 10 nitrogen and oxygen atoms in total. The van der Waals surface area contributed by atoms with Gasteiger partial charge in [-0.2, -0.15) is 0 Å². The Labute approximate surface area is 784 Å². The van der Waals surface area contributed by atoms with Gasteiger partial charge in [0, 0.05) is 93.4 Å². The number of nitrogens with zero attached hydrogens (tertiary/aromatic N) is 8. The first-order valence-electron chi connectivity index (χ1n) is 45.8. The maximum Gasteiger partial charge on any atom is 0.164 e. The molecule has 26 aromatic rings. The average molecular weight is 1740 g/mol. The maximum absolute atomic E-state index is 7.06. The summed E-state index contributed by atoms with van der Waals surface area (Å²) in [6.07, 6.45) is 0. The van der Waals surface area contributed by atoms with Crippen LogP contribution < -0.4 is 0 Å². The quantitative estimate of drug-likeness (QED) is 0.0940. The molecule has 636 valence electrons. The van der Waals surface area contributed by atoms with E-state index in [1.54, 1.807) is 0 Å². The molecule has 26 rings (SSSR count). The van der Waals surface area contributed by atoms with Crippen LogP contribution in [0.3, 0.4) is 0 Å². The van der Waals surface area contributed by atoms with E-state index < -0.39 is 0 Å². The Morgan fingerprint density at radius 3 is 0.838 bits per heavy atom. The molecule has 0 atom stereocenters. The van der Waals surface area contributed by atoms with Crippen molar-refractivity contribution in [2.75, 3.05) is 0 Å². The Bertz CT molecular complexity index is 8930. The van der Waals surface area contributed by atoms with Crippen LogP contribution in [0, 0.1) is 0 Å². The van der Waals surface area contributed by atoms with Gasteiger partial charge in [0.25, 0.3) is 0 Å². The van der Waals surface area contributed by atoms with Crippen molar-refractivity contribution in [1.82, 2.24) is 39.0 Å². The zero-order valence-electron chi connectivity index (χ0n) is 73.6. The van der Waals surface area contributed by atoms with Crippen molar-refractivity contribution < 1.29 is 8.83 Å². The van der Waals surface area contributed by atoms with Crippen molar-refractivity contribution in [3.05, 3.63) is 485 Å². The van der Waals surface area contributed by atoms with Gasteiger partial charge >= 0.3 is 0 Å². The lowest BCUT2D eigenvalue weighted by molar-refractivity contribution is 0.669. The molecule has 6 aromatic heterocycles. The summed E-state index contributed by atoms with van der Waals surface area (Å²) < 4.78 is 18.6. The fraction of sp³-hybridized carbons (Fsp3) is 0. The number of benzene rings is 20. The molecule has 0 unspecified atom stereocenters. The molecule has 0 aliphatic carbocycles. The van der Waals surface area contributed by atoms with Gasteiger partial charge in [0.1, 0.15) is 22.3 Å². The summed E-state index contributed by atoms with van der Waals surface area (Å²) in [7, 11) is 0. The first-order chi connectivity index (χ1) is 67.4. The van der Waals surface area contributed by atoms with Crippen LogP contribution in [0.1, 0.15) is 0 Å². The summed E-state index contributed by atoms with van der Waals surface area (Å²) in [4.78, 5) is 31.3. The Morgan fingerprint density at radius 1 is 0.140 bits per heavy atom. The molecule has 6 heterocycles. The second-order valence-corrected chi connectivity index (χ2v) is 34.3. The average Bonchev–Trinajstić information content (AvgIpc) is 1.67. The van der Waals surface area contributed by atoms with Crippen LogP contribution in [0.25, 0.3) is 256 Å². The van der Waals surface area contributed by atoms with E-state index in [2.05, 4.69) is 397 Å². The first kappa shape index (κ1) is 79.8. The van der Waals surface area contributed by atoms with Crippen LogP contribution in [-0.4, -0.2) is 39.0 Å². The summed E-state index contributed by atoms with van der Waals surface area (Å²) >= 11 is 0. The summed E-state index contributed by atoms with van der Waals surface area (Å²) in [6.45, 7) is 0. The van der Waals surface area contributed by atoms with Crippen LogP contribution in [0.15, 0.2) is 494 Å². The van der Waals surface area contributed by atoms with Gasteiger partial charge in [-0.15, -0.1) is 0 Å². The number of hydrogen-bond donors (Lipinski definition) is 0. The smallest absolute Gasteiger partial charge is 0.164 e. The van der Waals surface area contributed by atoms with Crippen molar-refractivity contribution >= 4 is 87.5 Å². The number of para-hydroxylation sites is 5. The summed E-state index contributed by atoms with van der Waals surface area (Å²) in [5, 5.41) is 8.87. The van der Waals surface area contributed by atoms with E-state index in [-0.39, 0.29) is 0 Å². The molecular formula is C126H80N8O2. The lowest BCUT2D eigenvalue weighted by atomic mass is 9.89. The van der Waals surface area contributed by atoms with Gasteiger partial charge in [-0.1, -0.05) is 388 Å². The van der Waals surface area contributed by atoms with Gasteiger partial charge in [0.2, 0.25) is 0 Å². The highest BCUT2D eigenvalue weighted by Gasteiger charge is 2.27. The topological polar surface area (TPSA) is 113 Å². The van der Waals surface area contributed by atoms with E-state index in [0.29, 0.717) is 34.9 Å². The molecule has 0 saturated carbocycles. The molecule has 0 fully saturated rings. The molecule has 0 radical (unpaired) electrons. The minimum Gasteiger partial charge on any atom is -0.456 e. The lowest BCUT2D eigenvalue weighted by Gasteiger charge is -2.16. The van der Waals surface area contributed by atoms with Crippen LogP contribution in [0.2, 0.25) is 0 Å². The minimum absolute atomic E-state index is 0.570. The predicted octanol–water partition coefficient (Wildman–Crippen LogP) is 33.1. The third-order valence-electron chi connectivity index (χ3n) is 26.2. The monoisotopic (exact) mass is 1740 g/mol. The zero-order valence-corrected chi connectivity index (χ0v) is 73.6. The third-order valence-corrected chi connectivity index (χ3v) is 26.2. The Morgan fingerprint density at radius 2 is 0.434 bits per heavy atom. The molecule has 0 N–H and O–H groups in total. The summed E-state index contributed by atoms with van der Waals surface area (Å²) in [5.74, 6) is 3.57. The molecule has 0 saturated heterocycles. The largest absolute Gasteiger partial charge is 0.456 e. The van der Waals surface area contributed by atoms with Crippen molar-refractivity contribution in [2.45, 2.75) is 0 Å². The molecule has 136 heavy (non-hydrogen) atoms. The molecule has 0 bridgehead atoms. The van der Waals surface area contributed by atoms with E-state index >= 15 is 0 Å². The highest BCUT2D eigenvalue weighted by molar-refractivity contribution is 6.20. The second-order valence-electron chi connectivity index (χ2n) is 34.3. The number of aromatic nitrogens is 8. The highest BCUT2D eigenvalue weighted by Crippen LogP contribution is 2.49. The lowest BCUT2D eigenvalue weighted by Crippen LogP contribution is -2.01. The minimum atomic E-state index is 0.570. The molecule has 20 aromatic carbocycles. The third kappa shape index (κ3) is 14.6. The van der Waals surface area contributed by atoms with Crippen molar-refractivity contribution in [3.8, 4) is 169 Å². The Balaban J connectivity index is 0.000000145. The van der Waals surface area contributed by atoms with Crippen LogP contribution >= 0.6 is 0 Å². The predicted molar refractivity (Wildman–Crippen MR) is 559 cm³/mol. The van der Waals surface area contributed by atoms with Gasteiger partial charge in [0.15, 0.2) is 34.9 Å². The molecule has 0 spiro atoms. The Hall–Kier alpha value is -18.4. The number of fused-ring (bicyclic) bond motifs is 12. The molecule has 0 aliphatic rings. The summed E-state index contributed by atoms with van der Waals surface area (Å²) in [5.41, 5.74) is 33.0. The fourth-order valence-corrected chi connectivity index (χ4v) is 19.6. The van der Waals surface area contributed by atoms with Crippen LogP contribution in [0.5, 0.6) is 0 Å². The zero-order chi connectivity index (χ0) is 89.9. The Kier molecular flexibility index (Phi) is 20.0. The van der Waals surface area contributed by atoms with Gasteiger partial charge in [-0.25, -0.2) is 29.9 Å². The second kappa shape index (κ2) is 34.2. The fourth-order valence-electron chi connectivity index (χ4n) is 19.6. The van der Waals surface area contributed by atoms with Crippen LogP contribution in [0.4, 0.5) is 0 Å². The highest BCUT2D eigenvalue weighted by atomic mass is 16.3. The maximum atomic E-state index is 7.06. The first-order valence-corrected chi connectivity index (χ1v) is 45.8. The number of furan rings is 2. The van der Waals surface area contributed by atoms with E-state index in [1.807, 2.05) is 97.1 Å². The van der Waals surface area contributed by atoms with Crippen LogP contribution in [-0.2, 0) is 0 Å². The van der Waals surface area contributed by atoms with Crippen molar-refractivity contribution in [1.29, 1.82) is 0 Å². The van der Waals surface area contributed by atoms with Gasteiger partial charge in [-0.3, -0.25) is 0 Å². The SMILES string of the molecule is c1ccc(-c2nc(-c3ccccc3)nc(-c3cc(-c4ccc(-c5ccccc5)c(-c5ccccc5)c4)ccc3-c3ccc4c(c3)oc3cc5c6ccccc6n(-c6ccccc6)c5cc34)n2)cc1.c1ccc(-c2nc(-c3ccccc3)nc(-c3cc(-c4ccc(-c5ccccc5)c(-c5ccccc5)c4)ccc3-c3cccc4c3oc3cc5c6ccccc6n(-c6ccccc6)c5cc34)n2)cc1. The van der Waals surface area contributed by atoms with Gasteiger partial charge in [-0.05, 0) is 181 Å². The van der Waals surface area contributed by atoms with Gasteiger partial charge in [0.05, 0.1) is 22.1 Å². The molecule has 10 heteroatoms. The van der Waals surface area contributed by atoms with Crippen molar-refractivity contribution in [2.24, 2.45) is 0 Å². The molecule has 0 aliphatic heterocycles. The summed E-state index contributed by atoms with van der Waals surface area (Å²) in [6, 6.07) is 170. The standard InChI is InChI=1S/2C63H40N4O/c1-6-19-41(20-7-1)48-35-33-45(37-53(48)42-21-8-2-9-22-42)46-34-36-49(56(38-46)63-65-61(43-23-10-3-11-24-43)64-62(66-63)44-25-12-4-13-26-44)51-30-18-31-52-55-39-58-54(40-59(55)68-60(51)52)50-29-16-17-32-57(50)67(58)47-27-14-5-15-28-47;1-6-18-41(19-7-1)49-33-30-45(36-53(49)42-20-8-2-9-21-42)46-31-34-50(56(37-46)63-65-61(43-22-10-3-11-23-43)64-62(66-63)44-24-12-4-13-25-44)47-32-35-52-55-39-58-54(40-60(55)68-59(52)38-47)51-28-16-17-29-57(51)67(58)48-26-14-5-15-27-48/h2*1-40H. The molecular weight excluding hydrogens is 1660 g/mol. The van der Waals surface area contributed by atoms with Gasteiger partial charge < -0.3 is 18.0 Å². The normalized spacial score (nSPS) is 11.5. The van der Waals surface area contributed by atoms with E-state index in [9.17, 15) is 0 Å². The molecule has 0 amide bonds. The van der Waals surface area contributed by atoms with Crippen molar-refractivity contribution in [3.63, 3.8) is 0 Å². The number of hydrogen-bond acceptors (Lipinski definition) is 8. The van der Waals surface area contributed by atoms with E-state index in [4.69, 9.17) is 38.7 Å². The number of rotatable bonds is 16. The van der Waals surface area contributed by atoms with E-state index in [0.717, 1.165) is 188 Å².